The maximum absolute atomic E-state index is 12.3. The van der Waals surface area contributed by atoms with E-state index in [4.69, 9.17) is 4.74 Å². The van der Waals surface area contributed by atoms with Gasteiger partial charge in [-0.2, -0.15) is 5.10 Å². The predicted octanol–water partition coefficient (Wildman–Crippen LogP) is 3.97. The fourth-order valence-corrected chi connectivity index (χ4v) is 2.96. The number of hydrogen-bond donors (Lipinski definition) is 1. The van der Waals surface area contributed by atoms with Crippen molar-refractivity contribution in [2.45, 2.75) is 19.3 Å². The number of hydrogen-bond acceptors (Lipinski definition) is 3. The molecule has 1 aromatic heterocycles. The highest BCUT2D eigenvalue weighted by atomic mass is 16.6. The molecule has 1 aliphatic carbocycles. The van der Waals surface area contributed by atoms with Gasteiger partial charge in [0.1, 0.15) is 0 Å². The van der Waals surface area contributed by atoms with Gasteiger partial charge in [-0.25, -0.2) is 9.48 Å². The number of carbonyl (C=O) groups excluding carboxylic acids is 1. The fourth-order valence-electron chi connectivity index (χ4n) is 2.96. The summed E-state index contributed by atoms with van der Waals surface area (Å²) in [6.45, 7) is 0. The van der Waals surface area contributed by atoms with E-state index in [-0.39, 0.29) is 0 Å². The second kappa shape index (κ2) is 6.20. The molecule has 4 rings (SSSR count). The van der Waals surface area contributed by atoms with Crippen molar-refractivity contribution in [3.8, 4) is 11.6 Å². The van der Waals surface area contributed by atoms with Crippen LogP contribution < -0.4 is 10.1 Å². The van der Waals surface area contributed by atoms with Crippen molar-refractivity contribution >= 4 is 11.8 Å². The molecule has 0 spiro atoms. The van der Waals surface area contributed by atoms with Gasteiger partial charge in [-0.05, 0) is 43.5 Å². The van der Waals surface area contributed by atoms with Crippen molar-refractivity contribution in [1.82, 2.24) is 9.78 Å². The molecule has 0 atom stereocenters. The first kappa shape index (κ1) is 14.5. The van der Waals surface area contributed by atoms with E-state index in [1.54, 1.807) is 4.68 Å². The SMILES string of the molecule is O=C(Nc1ccccc1)Oc1c2c(nn1-c1ccccc1)CCC2. The number of ether oxygens (including phenoxy) is 1. The lowest BCUT2D eigenvalue weighted by Gasteiger charge is -2.10. The molecule has 24 heavy (non-hydrogen) atoms. The molecule has 0 radical (unpaired) electrons. The molecule has 0 unspecified atom stereocenters. The molecule has 1 aliphatic rings. The molecule has 0 bridgehead atoms. The number of rotatable bonds is 3. The van der Waals surface area contributed by atoms with Crippen LogP contribution in [0.3, 0.4) is 0 Å². The Kier molecular flexibility index (Phi) is 3.75. The van der Waals surface area contributed by atoms with E-state index in [9.17, 15) is 4.79 Å². The standard InChI is InChI=1S/C19H17N3O2/c23-19(20-14-8-3-1-4-9-14)24-18-16-12-7-13-17(16)21-22(18)15-10-5-2-6-11-15/h1-6,8-11H,7,12-13H2,(H,20,23). The maximum Gasteiger partial charge on any atom is 0.418 e. The Bertz CT molecular complexity index is 857. The van der Waals surface area contributed by atoms with E-state index >= 15 is 0 Å². The number of fused-ring (bicyclic) bond motifs is 1. The van der Waals surface area contributed by atoms with E-state index < -0.39 is 6.09 Å². The quantitative estimate of drug-likeness (QED) is 0.794. The molecule has 0 saturated heterocycles. The molecule has 1 N–H and O–H groups in total. The van der Waals surface area contributed by atoms with Crippen LogP contribution in [0.2, 0.25) is 0 Å². The lowest BCUT2D eigenvalue weighted by molar-refractivity contribution is 0.211. The number of amides is 1. The number of carbonyl (C=O) groups is 1. The monoisotopic (exact) mass is 319 g/mol. The number of nitrogens with zero attached hydrogens (tertiary/aromatic N) is 2. The van der Waals surface area contributed by atoms with Crippen molar-refractivity contribution < 1.29 is 9.53 Å². The Balaban J connectivity index is 1.63. The van der Waals surface area contributed by atoms with Crippen LogP contribution in [0.25, 0.3) is 5.69 Å². The largest absolute Gasteiger partial charge is 0.418 e. The summed E-state index contributed by atoms with van der Waals surface area (Å²) in [6, 6.07) is 19.0. The summed E-state index contributed by atoms with van der Waals surface area (Å²) >= 11 is 0. The summed E-state index contributed by atoms with van der Waals surface area (Å²) < 4.78 is 7.35. The maximum atomic E-state index is 12.3. The third kappa shape index (κ3) is 2.76. The third-order valence-electron chi connectivity index (χ3n) is 4.07. The van der Waals surface area contributed by atoms with Gasteiger partial charge in [0.25, 0.3) is 0 Å². The Hall–Kier alpha value is -3.08. The molecular formula is C19H17N3O2. The van der Waals surface area contributed by atoms with Gasteiger partial charge < -0.3 is 4.74 Å². The highest BCUT2D eigenvalue weighted by molar-refractivity contribution is 5.86. The molecule has 1 heterocycles. The smallest absolute Gasteiger partial charge is 0.391 e. The van der Waals surface area contributed by atoms with Gasteiger partial charge >= 0.3 is 6.09 Å². The first-order valence-corrected chi connectivity index (χ1v) is 8.01. The lowest BCUT2D eigenvalue weighted by atomic mass is 10.2. The topological polar surface area (TPSA) is 56.1 Å². The number of nitrogens with one attached hydrogen (secondary N) is 1. The van der Waals surface area contributed by atoms with Gasteiger partial charge in [0.05, 0.1) is 11.4 Å². The zero-order valence-electron chi connectivity index (χ0n) is 13.1. The minimum Gasteiger partial charge on any atom is -0.391 e. The lowest BCUT2D eigenvalue weighted by Crippen LogP contribution is -2.19. The van der Waals surface area contributed by atoms with E-state index in [1.165, 1.54) is 0 Å². The minimum absolute atomic E-state index is 0.506. The normalized spacial score (nSPS) is 12.7. The number of benzene rings is 2. The van der Waals surface area contributed by atoms with Gasteiger partial charge in [-0.15, -0.1) is 0 Å². The summed E-state index contributed by atoms with van der Waals surface area (Å²) in [5.41, 5.74) is 3.63. The molecule has 5 nitrogen and oxygen atoms in total. The highest BCUT2D eigenvalue weighted by Crippen LogP contribution is 2.32. The summed E-state index contributed by atoms with van der Waals surface area (Å²) in [5.74, 6) is 0.516. The van der Waals surface area contributed by atoms with Crippen molar-refractivity contribution in [3.63, 3.8) is 0 Å². The van der Waals surface area contributed by atoms with Crippen molar-refractivity contribution in [2.24, 2.45) is 0 Å². The van der Waals surface area contributed by atoms with Crippen molar-refractivity contribution in [3.05, 3.63) is 71.9 Å². The van der Waals surface area contributed by atoms with Gasteiger partial charge in [-0.1, -0.05) is 36.4 Å². The number of para-hydroxylation sites is 2. The Morgan fingerprint density at radius 3 is 2.46 bits per heavy atom. The summed E-state index contributed by atoms with van der Waals surface area (Å²) in [4.78, 5) is 12.3. The van der Waals surface area contributed by atoms with Crippen molar-refractivity contribution in [1.29, 1.82) is 0 Å². The Labute approximate surface area is 139 Å². The second-order valence-electron chi connectivity index (χ2n) is 5.71. The van der Waals surface area contributed by atoms with Crippen LogP contribution in [-0.4, -0.2) is 15.9 Å². The first-order chi connectivity index (χ1) is 11.8. The fraction of sp³-hybridized carbons (Fsp3) is 0.158. The molecule has 0 saturated carbocycles. The second-order valence-corrected chi connectivity index (χ2v) is 5.71. The number of anilines is 1. The van der Waals surface area contributed by atoms with Crippen molar-refractivity contribution in [2.75, 3.05) is 5.32 Å². The van der Waals surface area contributed by atoms with Gasteiger partial charge in [-0.3, -0.25) is 5.32 Å². The van der Waals surface area contributed by atoms with E-state index in [1.807, 2.05) is 60.7 Å². The molecule has 3 aromatic rings. The summed E-state index contributed by atoms with van der Waals surface area (Å²) in [5, 5.41) is 7.38. The van der Waals surface area contributed by atoms with Gasteiger partial charge in [0.15, 0.2) is 0 Å². The summed E-state index contributed by atoms with van der Waals surface area (Å²) in [7, 11) is 0. The van der Waals surface area contributed by atoms with Crippen LogP contribution in [0.15, 0.2) is 60.7 Å². The van der Waals surface area contributed by atoms with Gasteiger partial charge in [0, 0.05) is 11.3 Å². The molecule has 1 amide bonds. The van der Waals surface area contributed by atoms with Gasteiger partial charge in [0.2, 0.25) is 5.88 Å². The van der Waals surface area contributed by atoms with Crippen LogP contribution in [0, 0.1) is 0 Å². The minimum atomic E-state index is -0.506. The van der Waals surface area contributed by atoms with Crippen LogP contribution >= 0.6 is 0 Å². The predicted molar refractivity (Wildman–Crippen MR) is 91.7 cm³/mol. The summed E-state index contributed by atoms with van der Waals surface area (Å²) in [6.07, 6.45) is 2.35. The highest BCUT2D eigenvalue weighted by Gasteiger charge is 2.26. The molecule has 5 heteroatoms. The number of aryl methyl sites for hydroxylation is 1. The van der Waals surface area contributed by atoms with E-state index in [0.29, 0.717) is 11.6 Å². The zero-order valence-corrected chi connectivity index (χ0v) is 13.1. The van der Waals surface area contributed by atoms with Crippen LogP contribution in [-0.2, 0) is 12.8 Å². The average molecular weight is 319 g/mol. The van der Waals surface area contributed by atoms with Crippen LogP contribution in [0.5, 0.6) is 5.88 Å². The van der Waals surface area contributed by atoms with E-state index in [2.05, 4.69) is 10.4 Å². The number of aromatic nitrogens is 2. The van der Waals surface area contributed by atoms with Crippen LogP contribution in [0.4, 0.5) is 10.5 Å². The molecule has 2 aromatic carbocycles. The molecule has 120 valence electrons. The molecular weight excluding hydrogens is 302 g/mol. The molecule has 0 aliphatic heterocycles. The Morgan fingerprint density at radius 2 is 1.71 bits per heavy atom. The van der Waals surface area contributed by atoms with Crippen LogP contribution in [0.1, 0.15) is 17.7 Å². The third-order valence-corrected chi connectivity index (χ3v) is 4.07. The molecule has 0 fully saturated rings. The zero-order chi connectivity index (χ0) is 16.4. The Morgan fingerprint density at radius 1 is 1.00 bits per heavy atom. The van der Waals surface area contributed by atoms with E-state index in [0.717, 1.165) is 36.2 Å². The first-order valence-electron chi connectivity index (χ1n) is 8.01. The average Bonchev–Trinajstić information content (AvgIpc) is 3.19.